The molecule has 1 atom stereocenters. The molecule has 0 saturated heterocycles. The van der Waals surface area contributed by atoms with E-state index < -0.39 is 0 Å². The van der Waals surface area contributed by atoms with Crippen LogP contribution in [0.15, 0.2) is 6.20 Å². The SMILES string of the molecule is Cc1cnc(CCNC(=O)N(C)CC(O)C2CC2)s1. The van der Waals surface area contributed by atoms with Gasteiger partial charge < -0.3 is 15.3 Å². The van der Waals surface area contributed by atoms with Gasteiger partial charge in [0.25, 0.3) is 0 Å². The fourth-order valence-corrected chi connectivity index (χ4v) is 2.71. The number of thiazole rings is 1. The number of carbonyl (C=O) groups is 1. The zero-order chi connectivity index (χ0) is 13.8. The molecule has 5 nitrogen and oxygen atoms in total. The third kappa shape index (κ3) is 4.47. The molecule has 1 aliphatic rings. The van der Waals surface area contributed by atoms with Gasteiger partial charge in [0.1, 0.15) is 0 Å². The molecule has 2 rings (SSSR count). The first kappa shape index (κ1) is 14.3. The normalized spacial score (nSPS) is 16.2. The van der Waals surface area contributed by atoms with Gasteiger partial charge in [-0.2, -0.15) is 0 Å². The predicted molar refractivity (Wildman–Crippen MR) is 75.3 cm³/mol. The van der Waals surface area contributed by atoms with E-state index in [-0.39, 0.29) is 12.1 Å². The Kier molecular flexibility index (Phi) is 4.76. The first-order valence-corrected chi connectivity index (χ1v) is 7.46. The quantitative estimate of drug-likeness (QED) is 0.829. The maximum atomic E-state index is 11.8. The van der Waals surface area contributed by atoms with Crippen LogP contribution >= 0.6 is 11.3 Å². The predicted octanol–water partition coefficient (Wildman–Crippen LogP) is 1.41. The van der Waals surface area contributed by atoms with Crippen LogP contribution in [-0.2, 0) is 6.42 Å². The molecule has 1 fully saturated rings. The summed E-state index contributed by atoms with van der Waals surface area (Å²) in [7, 11) is 1.72. The second-order valence-electron chi connectivity index (χ2n) is 5.13. The molecule has 1 saturated carbocycles. The largest absolute Gasteiger partial charge is 0.391 e. The third-order valence-corrected chi connectivity index (χ3v) is 4.23. The van der Waals surface area contributed by atoms with Gasteiger partial charge in [0.2, 0.25) is 0 Å². The standard InChI is InChI=1S/C13H21N3O2S/c1-9-7-15-12(19-9)5-6-14-13(18)16(2)8-11(17)10-3-4-10/h7,10-11,17H,3-6,8H2,1-2H3,(H,14,18). The van der Waals surface area contributed by atoms with Crippen LogP contribution in [0.2, 0.25) is 0 Å². The Balaban J connectivity index is 1.65. The maximum Gasteiger partial charge on any atom is 0.317 e. The Hall–Kier alpha value is -1.14. The molecular formula is C13H21N3O2S. The van der Waals surface area contributed by atoms with Crippen molar-refractivity contribution in [3.8, 4) is 0 Å². The molecule has 106 valence electrons. The van der Waals surface area contributed by atoms with Crippen LogP contribution in [0.1, 0.15) is 22.7 Å². The average molecular weight is 283 g/mol. The lowest BCUT2D eigenvalue weighted by molar-refractivity contribution is 0.113. The van der Waals surface area contributed by atoms with Crippen molar-refractivity contribution < 1.29 is 9.90 Å². The minimum Gasteiger partial charge on any atom is -0.391 e. The second kappa shape index (κ2) is 6.34. The summed E-state index contributed by atoms with van der Waals surface area (Å²) in [4.78, 5) is 18.8. The number of nitrogens with one attached hydrogen (secondary N) is 1. The van der Waals surface area contributed by atoms with E-state index in [9.17, 15) is 9.90 Å². The topological polar surface area (TPSA) is 65.5 Å². The van der Waals surface area contributed by atoms with Crippen LogP contribution in [0.3, 0.4) is 0 Å². The van der Waals surface area contributed by atoms with Crippen molar-refractivity contribution in [1.29, 1.82) is 0 Å². The van der Waals surface area contributed by atoms with E-state index in [1.165, 1.54) is 4.88 Å². The van der Waals surface area contributed by atoms with E-state index in [0.29, 0.717) is 19.0 Å². The van der Waals surface area contributed by atoms with Gasteiger partial charge in [-0.3, -0.25) is 0 Å². The summed E-state index contributed by atoms with van der Waals surface area (Å²) in [5, 5.41) is 13.7. The Morgan fingerprint density at radius 3 is 3.00 bits per heavy atom. The summed E-state index contributed by atoms with van der Waals surface area (Å²) >= 11 is 1.65. The summed E-state index contributed by atoms with van der Waals surface area (Å²) in [5.41, 5.74) is 0. The highest BCUT2D eigenvalue weighted by molar-refractivity contribution is 7.11. The summed E-state index contributed by atoms with van der Waals surface area (Å²) in [6.45, 7) is 3.01. The lowest BCUT2D eigenvalue weighted by Crippen LogP contribution is -2.42. The van der Waals surface area contributed by atoms with E-state index in [1.54, 1.807) is 23.3 Å². The van der Waals surface area contributed by atoms with Crippen molar-refractivity contribution in [2.24, 2.45) is 5.92 Å². The van der Waals surface area contributed by atoms with Gasteiger partial charge in [0, 0.05) is 37.6 Å². The van der Waals surface area contributed by atoms with Crippen molar-refractivity contribution in [1.82, 2.24) is 15.2 Å². The fourth-order valence-electron chi connectivity index (χ4n) is 1.92. The molecule has 1 aromatic heterocycles. The van der Waals surface area contributed by atoms with Gasteiger partial charge in [-0.1, -0.05) is 0 Å². The number of aryl methyl sites for hydroxylation is 1. The number of amides is 2. The zero-order valence-corrected chi connectivity index (χ0v) is 12.2. The van der Waals surface area contributed by atoms with Gasteiger partial charge in [-0.15, -0.1) is 11.3 Å². The molecule has 0 spiro atoms. The Labute approximate surface area is 117 Å². The van der Waals surface area contributed by atoms with Crippen molar-refractivity contribution in [2.45, 2.75) is 32.3 Å². The van der Waals surface area contributed by atoms with Crippen molar-refractivity contribution in [2.75, 3.05) is 20.1 Å². The van der Waals surface area contributed by atoms with Crippen LogP contribution in [0, 0.1) is 12.8 Å². The van der Waals surface area contributed by atoms with E-state index >= 15 is 0 Å². The van der Waals surface area contributed by atoms with E-state index in [2.05, 4.69) is 10.3 Å². The number of nitrogens with zero attached hydrogens (tertiary/aromatic N) is 2. The number of hydrogen-bond acceptors (Lipinski definition) is 4. The van der Waals surface area contributed by atoms with Gasteiger partial charge in [-0.05, 0) is 25.7 Å². The summed E-state index contributed by atoms with van der Waals surface area (Å²) in [6.07, 6.45) is 4.39. The Bertz CT molecular complexity index is 431. The molecule has 1 aliphatic carbocycles. The number of rotatable bonds is 6. The molecule has 1 aromatic rings. The minimum atomic E-state index is -0.377. The third-order valence-electron chi connectivity index (χ3n) is 3.26. The van der Waals surface area contributed by atoms with Crippen LogP contribution < -0.4 is 5.32 Å². The van der Waals surface area contributed by atoms with Crippen LogP contribution in [0.25, 0.3) is 0 Å². The molecule has 2 N–H and O–H groups in total. The maximum absolute atomic E-state index is 11.8. The molecule has 19 heavy (non-hydrogen) atoms. The number of aromatic nitrogens is 1. The fraction of sp³-hybridized carbons (Fsp3) is 0.692. The molecule has 1 unspecified atom stereocenters. The van der Waals surface area contributed by atoms with Crippen molar-refractivity contribution in [3.63, 3.8) is 0 Å². The molecule has 0 aromatic carbocycles. The van der Waals surface area contributed by atoms with Gasteiger partial charge in [0.05, 0.1) is 11.1 Å². The van der Waals surface area contributed by atoms with Gasteiger partial charge in [-0.25, -0.2) is 9.78 Å². The summed E-state index contributed by atoms with van der Waals surface area (Å²) in [6, 6.07) is -0.132. The zero-order valence-electron chi connectivity index (χ0n) is 11.4. The highest BCUT2D eigenvalue weighted by Gasteiger charge is 2.31. The van der Waals surface area contributed by atoms with Crippen LogP contribution in [-0.4, -0.2) is 47.3 Å². The first-order chi connectivity index (χ1) is 9.06. The van der Waals surface area contributed by atoms with Gasteiger partial charge >= 0.3 is 6.03 Å². The molecular weight excluding hydrogens is 262 g/mol. The first-order valence-electron chi connectivity index (χ1n) is 6.64. The number of carbonyl (C=O) groups excluding carboxylic acids is 1. The van der Waals surface area contributed by atoms with Crippen molar-refractivity contribution >= 4 is 17.4 Å². The van der Waals surface area contributed by atoms with Crippen LogP contribution in [0.4, 0.5) is 4.79 Å². The number of aliphatic hydroxyl groups excluding tert-OH is 1. The summed E-state index contributed by atoms with van der Waals surface area (Å²) in [5.74, 6) is 0.397. The number of aliphatic hydroxyl groups is 1. The average Bonchev–Trinajstić information content (AvgIpc) is 3.13. The van der Waals surface area contributed by atoms with E-state index in [0.717, 1.165) is 24.3 Å². The number of likely N-dealkylation sites (N-methyl/N-ethyl adjacent to an activating group) is 1. The minimum absolute atomic E-state index is 0.132. The van der Waals surface area contributed by atoms with E-state index in [1.807, 2.05) is 13.1 Å². The van der Waals surface area contributed by atoms with E-state index in [4.69, 9.17) is 0 Å². The van der Waals surface area contributed by atoms with Crippen LogP contribution in [0.5, 0.6) is 0 Å². The number of hydrogen-bond donors (Lipinski definition) is 2. The molecule has 0 radical (unpaired) electrons. The summed E-state index contributed by atoms with van der Waals surface area (Å²) < 4.78 is 0. The molecule has 2 amide bonds. The molecule has 0 bridgehead atoms. The molecule has 1 heterocycles. The van der Waals surface area contributed by atoms with Gasteiger partial charge in [0.15, 0.2) is 0 Å². The number of urea groups is 1. The Morgan fingerprint density at radius 1 is 1.68 bits per heavy atom. The lowest BCUT2D eigenvalue weighted by Gasteiger charge is -2.21. The Morgan fingerprint density at radius 2 is 2.42 bits per heavy atom. The van der Waals surface area contributed by atoms with Crippen molar-refractivity contribution in [3.05, 3.63) is 16.1 Å². The second-order valence-corrected chi connectivity index (χ2v) is 6.45. The smallest absolute Gasteiger partial charge is 0.317 e. The lowest BCUT2D eigenvalue weighted by atomic mass is 10.2. The highest BCUT2D eigenvalue weighted by atomic mass is 32.1. The molecule has 6 heteroatoms. The molecule has 0 aliphatic heterocycles. The highest BCUT2D eigenvalue weighted by Crippen LogP contribution is 2.32. The monoisotopic (exact) mass is 283 g/mol.